The van der Waals surface area contributed by atoms with Crippen LogP contribution in [-0.2, 0) is 0 Å². The number of nitrogens with two attached hydrogens (primary N) is 3. The van der Waals surface area contributed by atoms with Crippen molar-refractivity contribution in [2.75, 3.05) is 5.73 Å². The summed E-state index contributed by atoms with van der Waals surface area (Å²) < 4.78 is 0. The first kappa shape index (κ1) is 10.7. The molecule has 0 unspecified atom stereocenters. The van der Waals surface area contributed by atoms with Gasteiger partial charge in [0, 0.05) is 17.7 Å². The van der Waals surface area contributed by atoms with Gasteiger partial charge in [0.15, 0.2) is 0 Å². The monoisotopic (exact) mass is 217 g/mol. The number of aliphatic hydroxyl groups excluding tert-OH is 1. The van der Waals surface area contributed by atoms with Gasteiger partial charge in [0.2, 0.25) is 0 Å². The van der Waals surface area contributed by atoms with E-state index in [1.807, 2.05) is 12.1 Å². The molecule has 0 amide bonds. The molecule has 16 heavy (non-hydrogen) atoms. The molecule has 0 saturated heterocycles. The molecule has 1 aliphatic rings. The molecule has 1 aromatic carbocycles. The summed E-state index contributed by atoms with van der Waals surface area (Å²) in [6, 6.07) is 7.23. The zero-order valence-corrected chi connectivity index (χ0v) is 8.85. The van der Waals surface area contributed by atoms with E-state index in [1.54, 1.807) is 24.3 Å². The van der Waals surface area contributed by atoms with Crippen LogP contribution in [-0.4, -0.2) is 10.8 Å². The van der Waals surface area contributed by atoms with Crippen LogP contribution in [0, 0.1) is 0 Å². The van der Waals surface area contributed by atoms with Gasteiger partial charge in [0.25, 0.3) is 0 Å². The van der Waals surface area contributed by atoms with Gasteiger partial charge in [-0.1, -0.05) is 12.1 Å². The summed E-state index contributed by atoms with van der Waals surface area (Å²) in [6.45, 7) is 0. The number of nitrogen functional groups attached to an aromatic ring is 1. The highest BCUT2D eigenvalue weighted by Gasteiger charge is 2.23. The third kappa shape index (κ3) is 2.08. The minimum atomic E-state index is -0.911. The largest absolute Gasteiger partial charge is 0.508 e. The fourth-order valence-corrected chi connectivity index (χ4v) is 1.72. The number of anilines is 1. The molecule has 1 aromatic rings. The second-order valence-corrected chi connectivity index (χ2v) is 4.09. The molecule has 0 bridgehead atoms. The van der Waals surface area contributed by atoms with E-state index in [0.717, 1.165) is 5.56 Å². The van der Waals surface area contributed by atoms with Crippen molar-refractivity contribution in [2.45, 2.75) is 12.1 Å². The van der Waals surface area contributed by atoms with Crippen molar-refractivity contribution in [3.05, 3.63) is 47.7 Å². The minimum absolute atomic E-state index is 0.192. The van der Waals surface area contributed by atoms with Crippen LogP contribution in [0.25, 0.3) is 5.57 Å². The predicted octanol–water partition coefficient (Wildman–Crippen LogP) is 1.11. The maximum absolute atomic E-state index is 9.79. The van der Waals surface area contributed by atoms with Crippen molar-refractivity contribution in [3.8, 4) is 0 Å². The lowest BCUT2D eigenvalue weighted by molar-refractivity contribution is 0.420. The van der Waals surface area contributed by atoms with Gasteiger partial charge in [0.05, 0.1) is 5.66 Å². The van der Waals surface area contributed by atoms with Crippen molar-refractivity contribution in [2.24, 2.45) is 11.5 Å². The van der Waals surface area contributed by atoms with Gasteiger partial charge in [-0.25, -0.2) is 0 Å². The van der Waals surface area contributed by atoms with Crippen molar-refractivity contribution in [3.63, 3.8) is 0 Å². The Morgan fingerprint density at radius 1 is 1.25 bits per heavy atom. The minimum Gasteiger partial charge on any atom is -0.508 e. The van der Waals surface area contributed by atoms with E-state index in [4.69, 9.17) is 17.2 Å². The number of hydrogen-bond acceptors (Lipinski definition) is 4. The van der Waals surface area contributed by atoms with Crippen molar-refractivity contribution in [1.82, 2.24) is 0 Å². The second kappa shape index (κ2) is 3.66. The van der Waals surface area contributed by atoms with E-state index in [2.05, 4.69) is 0 Å². The Hall–Kier alpha value is -1.78. The Labute approximate surface area is 94.0 Å². The third-order valence-corrected chi connectivity index (χ3v) is 2.54. The summed E-state index contributed by atoms with van der Waals surface area (Å²) in [5, 5.41) is 9.79. The Morgan fingerprint density at radius 3 is 2.69 bits per heavy atom. The van der Waals surface area contributed by atoms with E-state index >= 15 is 0 Å². The topological polar surface area (TPSA) is 98.3 Å². The second-order valence-electron chi connectivity index (χ2n) is 4.09. The van der Waals surface area contributed by atoms with Gasteiger partial charge in [-0.2, -0.15) is 0 Å². The molecule has 4 heteroatoms. The average molecular weight is 217 g/mol. The van der Waals surface area contributed by atoms with Gasteiger partial charge < -0.3 is 22.3 Å². The number of rotatable bonds is 1. The first-order chi connectivity index (χ1) is 7.48. The van der Waals surface area contributed by atoms with Gasteiger partial charge in [-0.3, -0.25) is 0 Å². The molecule has 2 rings (SSSR count). The van der Waals surface area contributed by atoms with Crippen LogP contribution in [0.5, 0.6) is 0 Å². The molecule has 1 aliphatic carbocycles. The van der Waals surface area contributed by atoms with Gasteiger partial charge >= 0.3 is 0 Å². The van der Waals surface area contributed by atoms with E-state index in [-0.39, 0.29) is 5.76 Å². The highest BCUT2D eigenvalue weighted by molar-refractivity contribution is 5.80. The van der Waals surface area contributed by atoms with Gasteiger partial charge in [-0.15, -0.1) is 0 Å². The van der Waals surface area contributed by atoms with E-state index in [1.165, 1.54) is 0 Å². The number of allylic oxidation sites excluding steroid dienone is 1. The molecule has 0 aliphatic heterocycles. The summed E-state index contributed by atoms with van der Waals surface area (Å²) in [5.41, 5.74) is 18.5. The van der Waals surface area contributed by atoms with Crippen LogP contribution < -0.4 is 17.2 Å². The number of hydrogen-bond donors (Lipinski definition) is 4. The lowest BCUT2D eigenvalue weighted by atomic mass is 9.92. The zero-order valence-electron chi connectivity index (χ0n) is 8.85. The van der Waals surface area contributed by atoms with Crippen molar-refractivity contribution < 1.29 is 5.11 Å². The Morgan fingerprint density at radius 2 is 2.00 bits per heavy atom. The fourth-order valence-electron chi connectivity index (χ4n) is 1.72. The lowest BCUT2D eigenvalue weighted by Crippen LogP contribution is -2.48. The quantitative estimate of drug-likeness (QED) is 0.418. The zero-order chi connectivity index (χ0) is 11.8. The first-order valence-corrected chi connectivity index (χ1v) is 5.04. The molecule has 84 valence electrons. The Kier molecular flexibility index (Phi) is 2.46. The lowest BCUT2D eigenvalue weighted by Gasteiger charge is -2.25. The standard InChI is InChI=1S/C12H15N3O/c13-9-3-1-2-8(6-9)10-7-12(14,15)5-4-11(10)16/h1-4,6-7,16H,5,13-15H2. The average Bonchev–Trinajstić information content (AvgIpc) is 2.22. The summed E-state index contributed by atoms with van der Waals surface area (Å²) in [7, 11) is 0. The molecule has 7 N–H and O–H groups in total. The SMILES string of the molecule is Nc1cccc(C2=CC(N)(N)CC=C2O)c1. The molecule has 0 radical (unpaired) electrons. The molecular weight excluding hydrogens is 202 g/mol. The molecular formula is C12H15N3O. The maximum atomic E-state index is 9.79. The molecule has 0 atom stereocenters. The van der Waals surface area contributed by atoms with Gasteiger partial charge in [-0.05, 0) is 29.8 Å². The number of aliphatic hydroxyl groups is 1. The normalized spacial score (nSPS) is 18.9. The maximum Gasteiger partial charge on any atom is 0.119 e. The summed E-state index contributed by atoms with van der Waals surface area (Å²) in [5.74, 6) is 0.192. The molecule has 4 nitrogen and oxygen atoms in total. The molecule has 0 spiro atoms. The van der Waals surface area contributed by atoms with Crippen LogP contribution in [0.15, 0.2) is 42.2 Å². The van der Waals surface area contributed by atoms with Gasteiger partial charge in [0.1, 0.15) is 5.76 Å². The summed E-state index contributed by atoms with van der Waals surface area (Å²) in [4.78, 5) is 0. The Bertz CT molecular complexity index is 475. The van der Waals surface area contributed by atoms with Crippen LogP contribution >= 0.6 is 0 Å². The smallest absolute Gasteiger partial charge is 0.119 e. The molecule has 0 heterocycles. The highest BCUT2D eigenvalue weighted by Crippen LogP contribution is 2.29. The van der Waals surface area contributed by atoms with Crippen LogP contribution in [0.4, 0.5) is 5.69 Å². The fraction of sp³-hybridized carbons (Fsp3) is 0.167. The van der Waals surface area contributed by atoms with E-state index in [9.17, 15) is 5.11 Å². The number of benzene rings is 1. The van der Waals surface area contributed by atoms with Crippen molar-refractivity contribution in [1.29, 1.82) is 0 Å². The van der Waals surface area contributed by atoms with Crippen LogP contribution in [0.3, 0.4) is 0 Å². The third-order valence-electron chi connectivity index (χ3n) is 2.54. The van der Waals surface area contributed by atoms with E-state index < -0.39 is 5.66 Å². The Balaban J connectivity index is 2.47. The van der Waals surface area contributed by atoms with Crippen LogP contribution in [0.1, 0.15) is 12.0 Å². The molecule has 0 saturated carbocycles. The van der Waals surface area contributed by atoms with Crippen LogP contribution in [0.2, 0.25) is 0 Å². The summed E-state index contributed by atoms with van der Waals surface area (Å²) in [6.07, 6.45) is 3.71. The molecule has 0 fully saturated rings. The highest BCUT2D eigenvalue weighted by atomic mass is 16.3. The summed E-state index contributed by atoms with van der Waals surface area (Å²) >= 11 is 0. The predicted molar refractivity (Wildman–Crippen MR) is 65.3 cm³/mol. The van der Waals surface area contributed by atoms with E-state index in [0.29, 0.717) is 17.7 Å². The first-order valence-electron chi connectivity index (χ1n) is 5.04. The van der Waals surface area contributed by atoms with Crippen molar-refractivity contribution >= 4 is 11.3 Å². The molecule has 0 aromatic heterocycles.